The molecule has 0 aliphatic carbocycles. The quantitative estimate of drug-likeness (QED) is 0.837. The van der Waals surface area contributed by atoms with Gasteiger partial charge < -0.3 is 15.1 Å². The lowest BCUT2D eigenvalue weighted by molar-refractivity contribution is 0.401. The summed E-state index contributed by atoms with van der Waals surface area (Å²) in [6, 6.07) is 2.04. The number of nitrogens with zero attached hydrogens (tertiary/aromatic N) is 4. The first-order valence-corrected chi connectivity index (χ1v) is 7.73. The molecule has 0 atom stereocenters. The fraction of sp³-hybridized carbons (Fsp3) is 0.750. The minimum Gasteiger partial charge on any atom is -0.370 e. The zero-order chi connectivity index (χ0) is 16.0. The smallest absolute Gasteiger partial charge is 0.138 e. The predicted molar refractivity (Wildman–Crippen MR) is 91.3 cm³/mol. The highest BCUT2D eigenvalue weighted by atomic mass is 15.2. The molecule has 5 heteroatoms. The monoisotopic (exact) mass is 293 g/mol. The topological polar surface area (TPSA) is 44.3 Å². The molecular weight excluding hydrogens is 262 g/mol. The van der Waals surface area contributed by atoms with Crippen molar-refractivity contribution in [2.45, 2.75) is 39.5 Å². The van der Waals surface area contributed by atoms with Gasteiger partial charge in [0.05, 0.1) is 0 Å². The van der Waals surface area contributed by atoms with Crippen molar-refractivity contribution in [3.63, 3.8) is 0 Å². The normalized spacial score (nSPS) is 11.8. The van der Waals surface area contributed by atoms with Gasteiger partial charge in [-0.2, -0.15) is 0 Å². The molecule has 0 bridgehead atoms. The number of hydrogen-bond donors (Lipinski definition) is 1. The van der Waals surface area contributed by atoms with Gasteiger partial charge in [-0.3, -0.25) is 0 Å². The molecule has 0 saturated heterocycles. The van der Waals surface area contributed by atoms with Crippen molar-refractivity contribution in [3.05, 3.63) is 11.9 Å². The molecule has 1 N–H and O–H groups in total. The third-order valence-corrected chi connectivity index (χ3v) is 3.23. The Morgan fingerprint density at radius 2 is 1.76 bits per heavy atom. The van der Waals surface area contributed by atoms with Crippen molar-refractivity contribution in [2.75, 3.05) is 51.0 Å². The lowest BCUT2D eigenvalue weighted by Gasteiger charge is -2.24. The molecule has 21 heavy (non-hydrogen) atoms. The average Bonchev–Trinajstić information content (AvgIpc) is 2.37. The molecule has 0 fully saturated rings. The predicted octanol–water partition coefficient (Wildman–Crippen LogP) is 2.59. The van der Waals surface area contributed by atoms with E-state index in [4.69, 9.17) is 4.98 Å². The molecule has 1 aromatic heterocycles. The molecule has 1 rings (SSSR count). The molecule has 0 unspecified atom stereocenters. The summed E-state index contributed by atoms with van der Waals surface area (Å²) < 4.78 is 0. The second kappa shape index (κ2) is 7.59. The summed E-state index contributed by atoms with van der Waals surface area (Å²) in [6.45, 7) is 11.5. The van der Waals surface area contributed by atoms with Crippen LogP contribution in [0.15, 0.2) is 6.07 Å². The van der Waals surface area contributed by atoms with E-state index in [0.717, 1.165) is 43.5 Å². The third-order valence-electron chi connectivity index (χ3n) is 3.23. The maximum Gasteiger partial charge on any atom is 0.138 e. The zero-order valence-electron chi connectivity index (χ0n) is 14.7. The Hall–Kier alpha value is -1.36. The summed E-state index contributed by atoms with van der Waals surface area (Å²) in [6.07, 6.45) is 1.12. The standard InChI is InChI=1S/C16H31N5/c1-8-17-13-12-14(19-15(18-13)16(2,3)4)21(7)11-9-10-20(5)6/h12H,8-11H2,1-7H3,(H,17,18,19). The van der Waals surface area contributed by atoms with Crippen molar-refractivity contribution in [1.29, 1.82) is 0 Å². The molecule has 120 valence electrons. The molecule has 1 heterocycles. The van der Waals surface area contributed by atoms with E-state index >= 15 is 0 Å². The first kappa shape index (κ1) is 17.7. The maximum absolute atomic E-state index is 4.75. The van der Waals surface area contributed by atoms with Gasteiger partial charge >= 0.3 is 0 Å². The maximum atomic E-state index is 4.75. The molecule has 0 amide bonds. The van der Waals surface area contributed by atoms with E-state index in [1.807, 2.05) is 6.07 Å². The van der Waals surface area contributed by atoms with Crippen LogP contribution in [0.3, 0.4) is 0 Å². The zero-order valence-corrected chi connectivity index (χ0v) is 14.7. The van der Waals surface area contributed by atoms with Crippen molar-refractivity contribution in [2.24, 2.45) is 0 Å². The van der Waals surface area contributed by atoms with Gasteiger partial charge in [0.1, 0.15) is 17.5 Å². The van der Waals surface area contributed by atoms with Crippen molar-refractivity contribution in [1.82, 2.24) is 14.9 Å². The number of anilines is 2. The van der Waals surface area contributed by atoms with E-state index in [1.54, 1.807) is 0 Å². The van der Waals surface area contributed by atoms with Crippen molar-refractivity contribution < 1.29 is 0 Å². The highest BCUT2D eigenvalue weighted by Crippen LogP contribution is 2.23. The van der Waals surface area contributed by atoms with Gasteiger partial charge in [-0.25, -0.2) is 9.97 Å². The number of rotatable bonds is 7. The summed E-state index contributed by atoms with van der Waals surface area (Å²) >= 11 is 0. The van der Waals surface area contributed by atoms with E-state index in [9.17, 15) is 0 Å². The molecule has 0 aliphatic heterocycles. The highest BCUT2D eigenvalue weighted by Gasteiger charge is 2.20. The van der Waals surface area contributed by atoms with Crippen LogP contribution < -0.4 is 10.2 Å². The molecule has 1 aromatic rings. The van der Waals surface area contributed by atoms with E-state index < -0.39 is 0 Å². The fourth-order valence-corrected chi connectivity index (χ4v) is 1.98. The van der Waals surface area contributed by atoms with Gasteiger partial charge in [-0.1, -0.05) is 20.8 Å². The summed E-state index contributed by atoms with van der Waals surface area (Å²) in [4.78, 5) is 13.8. The van der Waals surface area contributed by atoms with Crippen LogP contribution in [-0.4, -0.2) is 55.6 Å². The summed E-state index contributed by atoms with van der Waals surface area (Å²) in [5.41, 5.74) is -0.0509. The Morgan fingerprint density at radius 1 is 1.10 bits per heavy atom. The van der Waals surface area contributed by atoms with Crippen LogP contribution in [0.25, 0.3) is 0 Å². The molecule has 0 spiro atoms. The molecule has 0 radical (unpaired) electrons. The number of nitrogens with one attached hydrogen (secondary N) is 1. The van der Waals surface area contributed by atoms with E-state index in [1.165, 1.54) is 0 Å². The SMILES string of the molecule is CCNc1cc(N(C)CCCN(C)C)nc(C(C)(C)C)n1. The van der Waals surface area contributed by atoms with Crippen LogP contribution in [0.1, 0.15) is 39.9 Å². The van der Waals surface area contributed by atoms with Gasteiger partial charge in [-0.05, 0) is 34.0 Å². The molecule has 0 saturated carbocycles. The molecule has 0 aliphatic rings. The van der Waals surface area contributed by atoms with Crippen LogP contribution in [0.5, 0.6) is 0 Å². The van der Waals surface area contributed by atoms with E-state index in [2.05, 4.69) is 68.9 Å². The Labute approximate surface area is 129 Å². The van der Waals surface area contributed by atoms with E-state index in [-0.39, 0.29) is 5.41 Å². The van der Waals surface area contributed by atoms with Crippen molar-refractivity contribution >= 4 is 11.6 Å². The van der Waals surface area contributed by atoms with Crippen LogP contribution >= 0.6 is 0 Å². The first-order chi connectivity index (χ1) is 9.74. The van der Waals surface area contributed by atoms with Gasteiger partial charge in [-0.15, -0.1) is 0 Å². The minimum absolute atomic E-state index is 0.0509. The molecular formula is C16H31N5. The number of hydrogen-bond acceptors (Lipinski definition) is 5. The average molecular weight is 293 g/mol. The Morgan fingerprint density at radius 3 is 2.29 bits per heavy atom. The van der Waals surface area contributed by atoms with Gasteiger partial charge in [0.25, 0.3) is 0 Å². The molecule has 0 aromatic carbocycles. The fourth-order valence-electron chi connectivity index (χ4n) is 1.98. The highest BCUT2D eigenvalue weighted by molar-refractivity contribution is 5.49. The third kappa shape index (κ3) is 5.87. The summed E-state index contributed by atoms with van der Waals surface area (Å²) in [7, 11) is 6.30. The minimum atomic E-state index is -0.0509. The Kier molecular flexibility index (Phi) is 6.40. The van der Waals surface area contributed by atoms with Crippen LogP contribution in [0.2, 0.25) is 0 Å². The van der Waals surface area contributed by atoms with Crippen LogP contribution in [0, 0.1) is 0 Å². The lowest BCUT2D eigenvalue weighted by Crippen LogP contribution is -2.26. The van der Waals surface area contributed by atoms with E-state index in [0.29, 0.717) is 0 Å². The summed E-state index contributed by atoms with van der Waals surface area (Å²) in [5.74, 6) is 2.78. The Balaban J connectivity index is 2.91. The first-order valence-electron chi connectivity index (χ1n) is 7.73. The second-order valence-electron chi connectivity index (χ2n) is 6.79. The summed E-state index contributed by atoms with van der Waals surface area (Å²) in [5, 5.41) is 3.30. The van der Waals surface area contributed by atoms with Gasteiger partial charge in [0.15, 0.2) is 0 Å². The second-order valence-corrected chi connectivity index (χ2v) is 6.79. The molecule has 5 nitrogen and oxygen atoms in total. The van der Waals surface area contributed by atoms with Gasteiger partial charge in [0, 0.05) is 31.6 Å². The largest absolute Gasteiger partial charge is 0.370 e. The van der Waals surface area contributed by atoms with Gasteiger partial charge in [0.2, 0.25) is 0 Å². The van der Waals surface area contributed by atoms with Crippen LogP contribution in [-0.2, 0) is 5.41 Å². The Bertz CT molecular complexity index is 437. The lowest BCUT2D eigenvalue weighted by atomic mass is 9.96. The van der Waals surface area contributed by atoms with Crippen LogP contribution in [0.4, 0.5) is 11.6 Å². The van der Waals surface area contributed by atoms with Crippen molar-refractivity contribution in [3.8, 4) is 0 Å². The number of aromatic nitrogens is 2.